The van der Waals surface area contributed by atoms with Crippen molar-refractivity contribution < 1.29 is 18.5 Å². The van der Waals surface area contributed by atoms with E-state index in [4.69, 9.17) is 13.7 Å². The number of ether oxygens (including phenoxy) is 1. The molecule has 3 heterocycles. The first-order chi connectivity index (χ1) is 10.5. The molecule has 3 rings (SSSR count). The van der Waals surface area contributed by atoms with E-state index in [0.717, 1.165) is 0 Å². The molecule has 0 aromatic carbocycles. The first-order valence-corrected chi connectivity index (χ1v) is 6.70. The highest BCUT2D eigenvalue weighted by Crippen LogP contribution is 2.25. The van der Waals surface area contributed by atoms with E-state index in [9.17, 15) is 4.79 Å². The van der Waals surface area contributed by atoms with Gasteiger partial charge in [-0.2, -0.15) is 0 Å². The molecule has 0 fully saturated rings. The predicted octanol–water partition coefficient (Wildman–Crippen LogP) is 2.45. The van der Waals surface area contributed by atoms with Gasteiger partial charge in [0.15, 0.2) is 6.10 Å². The maximum absolute atomic E-state index is 12.4. The fraction of sp³-hybridized carbons (Fsp3) is 0.357. The minimum Gasteiger partial charge on any atom is -0.449 e. The monoisotopic (exact) mass is 302 g/mol. The van der Waals surface area contributed by atoms with Crippen molar-refractivity contribution in [2.45, 2.75) is 33.8 Å². The summed E-state index contributed by atoms with van der Waals surface area (Å²) in [5.74, 6) is 0.134. The zero-order valence-electron chi connectivity index (χ0n) is 12.6. The number of carbonyl (C=O) groups excluding carboxylic acids is 1. The molecule has 8 nitrogen and oxygen atoms in total. The van der Waals surface area contributed by atoms with Gasteiger partial charge in [-0.15, -0.1) is 10.2 Å². The number of rotatable bonds is 3. The van der Waals surface area contributed by atoms with Crippen molar-refractivity contribution in [2.24, 2.45) is 0 Å². The van der Waals surface area contributed by atoms with Gasteiger partial charge in [-0.05, 0) is 26.8 Å². The first-order valence-electron chi connectivity index (χ1n) is 6.70. The molecule has 0 N–H and O–H groups in total. The van der Waals surface area contributed by atoms with Crippen LogP contribution < -0.4 is 0 Å². The smallest absolute Gasteiger partial charge is 0.339 e. The third kappa shape index (κ3) is 2.43. The third-order valence-corrected chi connectivity index (χ3v) is 3.14. The van der Waals surface area contributed by atoms with Crippen LogP contribution in [0.4, 0.5) is 0 Å². The molecule has 3 aromatic rings. The minimum atomic E-state index is -0.655. The number of nitrogens with zero attached hydrogens (tertiary/aromatic N) is 4. The molecule has 0 spiro atoms. The molecule has 0 unspecified atom stereocenters. The second kappa shape index (κ2) is 5.21. The largest absolute Gasteiger partial charge is 0.449 e. The second-order valence-electron chi connectivity index (χ2n) is 4.97. The van der Waals surface area contributed by atoms with Crippen LogP contribution in [0.3, 0.4) is 0 Å². The number of esters is 1. The van der Waals surface area contributed by atoms with Crippen molar-refractivity contribution in [3.05, 3.63) is 34.8 Å². The molecule has 0 saturated carbocycles. The Bertz CT molecular complexity index is 852. The average molecular weight is 302 g/mol. The van der Waals surface area contributed by atoms with Gasteiger partial charge in [0.25, 0.3) is 11.6 Å². The molecule has 8 heteroatoms. The molecule has 1 atom stereocenters. The number of carbonyl (C=O) groups is 1. The summed E-state index contributed by atoms with van der Waals surface area (Å²) < 4.78 is 15.8. The lowest BCUT2D eigenvalue weighted by molar-refractivity contribution is 0.0279. The zero-order valence-corrected chi connectivity index (χ0v) is 12.6. The van der Waals surface area contributed by atoms with Gasteiger partial charge in [-0.1, -0.05) is 5.16 Å². The number of hydrogen-bond donors (Lipinski definition) is 0. The van der Waals surface area contributed by atoms with Gasteiger partial charge in [0.2, 0.25) is 5.89 Å². The van der Waals surface area contributed by atoms with Gasteiger partial charge in [-0.3, -0.25) is 0 Å². The van der Waals surface area contributed by atoms with E-state index in [1.165, 1.54) is 0 Å². The summed E-state index contributed by atoms with van der Waals surface area (Å²) in [4.78, 5) is 16.6. The standard InChI is InChI=1S/C14H14N4O4/c1-6-5-10(11-7(2)18-22-13(11)15-6)14(19)20-8(3)12-17-16-9(4)21-12/h5,8H,1-4H3/t8-/m0/s1. The van der Waals surface area contributed by atoms with Gasteiger partial charge in [0, 0.05) is 12.6 Å². The Kier molecular flexibility index (Phi) is 3.36. The van der Waals surface area contributed by atoms with E-state index in [1.54, 1.807) is 33.8 Å². The molecule has 0 aliphatic heterocycles. The van der Waals surface area contributed by atoms with Crippen molar-refractivity contribution in [1.29, 1.82) is 0 Å². The molecule has 0 amide bonds. The summed E-state index contributed by atoms with van der Waals surface area (Å²) in [6, 6.07) is 1.64. The van der Waals surface area contributed by atoms with Crippen LogP contribution in [0.5, 0.6) is 0 Å². The van der Waals surface area contributed by atoms with Crippen LogP contribution in [0.2, 0.25) is 0 Å². The fourth-order valence-corrected chi connectivity index (χ4v) is 2.13. The van der Waals surface area contributed by atoms with Gasteiger partial charge < -0.3 is 13.7 Å². The number of pyridine rings is 1. The van der Waals surface area contributed by atoms with Crippen molar-refractivity contribution in [2.75, 3.05) is 0 Å². The number of hydrogen-bond acceptors (Lipinski definition) is 8. The van der Waals surface area contributed by atoms with Gasteiger partial charge >= 0.3 is 5.97 Å². The molecule has 0 bridgehead atoms. The number of aryl methyl sites for hydroxylation is 3. The van der Waals surface area contributed by atoms with Crippen LogP contribution in [0.15, 0.2) is 15.0 Å². The number of aromatic nitrogens is 4. The third-order valence-electron chi connectivity index (χ3n) is 3.14. The van der Waals surface area contributed by atoms with E-state index in [-0.39, 0.29) is 5.89 Å². The van der Waals surface area contributed by atoms with Crippen LogP contribution in [-0.2, 0) is 4.74 Å². The quantitative estimate of drug-likeness (QED) is 0.679. The van der Waals surface area contributed by atoms with Crippen LogP contribution in [-0.4, -0.2) is 26.3 Å². The van der Waals surface area contributed by atoms with Gasteiger partial charge in [0.1, 0.15) is 0 Å². The van der Waals surface area contributed by atoms with E-state index in [0.29, 0.717) is 33.9 Å². The van der Waals surface area contributed by atoms with Crippen molar-refractivity contribution in [3.8, 4) is 0 Å². The van der Waals surface area contributed by atoms with E-state index in [1.807, 2.05) is 0 Å². The second-order valence-corrected chi connectivity index (χ2v) is 4.97. The summed E-state index contributed by atoms with van der Waals surface area (Å²) in [6.45, 7) is 6.83. The molecule has 114 valence electrons. The Morgan fingerprint density at radius 3 is 2.73 bits per heavy atom. The predicted molar refractivity (Wildman–Crippen MR) is 74.1 cm³/mol. The molecular weight excluding hydrogens is 288 g/mol. The summed E-state index contributed by atoms with van der Waals surface area (Å²) in [7, 11) is 0. The highest BCUT2D eigenvalue weighted by Gasteiger charge is 2.23. The lowest BCUT2D eigenvalue weighted by Crippen LogP contribution is -2.11. The fourth-order valence-electron chi connectivity index (χ4n) is 2.13. The lowest BCUT2D eigenvalue weighted by Gasteiger charge is -2.10. The Morgan fingerprint density at radius 2 is 2.05 bits per heavy atom. The Morgan fingerprint density at radius 1 is 1.27 bits per heavy atom. The van der Waals surface area contributed by atoms with Crippen LogP contribution in [0.25, 0.3) is 11.1 Å². The SMILES string of the molecule is Cc1cc(C(=O)O[C@@H](C)c2nnc(C)o2)c2c(C)noc2n1. The normalized spacial score (nSPS) is 12.5. The van der Waals surface area contributed by atoms with E-state index < -0.39 is 12.1 Å². The summed E-state index contributed by atoms with van der Waals surface area (Å²) in [6.07, 6.45) is -0.655. The maximum Gasteiger partial charge on any atom is 0.339 e. The molecule has 3 aromatic heterocycles. The maximum atomic E-state index is 12.4. The zero-order chi connectivity index (χ0) is 15.9. The summed E-state index contributed by atoms with van der Waals surface area (Å²) in [5.41, 5.74) is 1.88. The van der Waals surface area contributed by atoms with Crippen molar-refractivity contribution in [3.63, 3.8) is 0 Å². The minimum absolute atomic E-state index is 0.245. The van der Waals surface area contributed by atoms with Crippen molar-refractivity contribution >= 4 is 17.1 Å². The Labute approximate surface area is 125 Å². The van der Waals surface area contributed by atoms with Crippen LogP contribution in [0, 0.1) is 20.8 Å². The Balaban J connectivity index is 1.93. The van der Waals surface area contributed by atoms with Crippen LogP contribution >= 0.6 is 0 Å². The first kappa shape index (κ1) is 14.2. The van der Waals surface area contributed by atoms with Gasteiger partial charge in [-0.25, -0.2) is 9.78 Å². The molecule has 0 saturated heterocycles. The molecule has 22 heavy (non-hydrogen) atoms. The van der Waals surface area contributed by atoms with Gasteiger partial charge in [0.05, 0.1) is 16.6 Å². The Hall–Kier alpha value is -2.77. The number of fused-ring (bicyclic) bond motifs is 1. The van der Waals surface area contributed by atoms with E-state index in [2.05, 4.69) is 20.3 Å². The molecule has 0 aliphatic carbocycles. The lowest BCUT2D eigenvalue weighted by atomic mass is 10.1. The highest BCUT2D eigenvalue weighted by molar-refractivity contribution is 6.03. The van der Waals surface area contributed by atoms with Crippen molar-refractivity contribution in [1.82, 2.24) is 20.3 Å². The van der Waals surface area contributed by atoms with Crippen LogP contribution in [0.1, 0.15) is 46.6 Å². The summed E-state index contributed by atoms with van der Waals surface area (Å²) in [5, 5.41) is 11.9. The molecular formula is C14H14N4O4. The van der Waals surface area contributed by atoms with E-state index >= 15 is 0 Å². The molecule has 0 aliphatic rings. The topological polar surface area (TPSA) is 104 Å². The highest BCUT2D eigenvalue weighted by atomic mass is 16.6. The molecule has 0 radical (unpaired) electrons. The summed E-state index contributed by atoms with van der Waals surface area (Å²) >= 11 is 0. The average Bonchev–Trinajstić information content (AvgIpc) is 3.05.